The van der Waals surface area contributed by atoms with Gasteiger partial charge in [-0.05, 0) is 56.6 Å². The van der Waals surface area contributed by atoms with Gasteiger partial charge in [0.2, 0.25) is 10.0 Å². The molecule has 1 fully saturated rings. The molecule has 1 unspecified atom stereocenters. The molecule has 7 nitrogen and oxygen atoms in total. The minimum Gasteiger partial charge on any atom is -0.312 e. The van der Waals surface area contributed by atoms with Crippen LogP contribution >= 0.6 is 11.8 Å². The number of fused-ring (bicyclic) bond motifs is 1. The van der Waals surface area contributed by atoms with Gasteiger partial charge in [-0.2, -0.15) is 22.6 Å². The molecule has 3 aromatic rings. The maximum atomic E-state index is 14.1. The van der Waals surface area contributed by atoms with Gasteiger partial charge in [0, 0.05) is 66.1 Å². The number of rotatable bonds is 12. The van der Waals surface area contributed by atoms with Gasteiger partial charge >= 0.3 is 6.18 Å². The third-order valence-corrected chi connectivity index (χ3v) is 10.8. The number of alkyl halides is 3. The number of benzene rings is 2. The van der Waals surface area contributed by atoms with Gasteiger partial charge in [-0.15, -0.1) is 11.8 Å². The highest BCUT2D eigenvalue weighted by Crippen LogP contribution is 2.41. The van der Waals surface area contributed by atoms with E-state index in [4.69, 9.17) is 5.10 Å². The Kier molecular flexibility index (Phi) is 10.8. The predicted octanol–water partition coefficient (Wildman–Crippen LogP) is 6.03. The highest BCUT2D eigenvalue weighted by atomic mass is 32.2. The SMILES string of the molecule is CC(CNCc1ccccc1)Sc1cc(-c2nn(CCCN3CCCCC3)c3c2CN(S(C)(=O)=O)CC3)ccc1C(F)(F)F. The van der Waals surface area contributed by atoms with E-state index in [1.807, 2.05) is 41.9 Å². The Bertz CT molecular complexity index is 1510. The van der Waals surface area contributed by atoms with Crippen LogP contribution < -0.4 is 5.32 Å². The van der Waals surface area contributed by atoms with Gasteiger partial charge in [0.05, 0.1) is 17.5 Å². The number of sulfonamides is 1. The van der Waals surface area contributed by atoms with E-state index in [2.05, 4.69) is 10.2 Å². The number of halogens is 3. The summed E-state index contributed by atoms with van der Waals surface area (Å²) in [6.07, 6.45) is 1.84. The van der Waals surface area contributed by atoms with Crippen molar-refractivity contribution < 1.29 is 21.6 Å². The molecule has 240 valence electrons. The number of aryl methyl sites for hydroxylation is 1. The number of nitrogens with zero attached hydrogens (tertiary/aromatic N) is 4. The average Bonchev–Trinajstić information content (AvgIpc) is 3.35. The lowest BCUT2D eigenvalue weighted by Gasteiger charge is -2.27. The molecule has 1 N–H and O–H groups in total. The number of piperidine rings is 1. The Labute approximate surface area is 263 Å². The lowest BCUT2D eigenvalue weighted by molar-refractivity contribution is -0.139. The predicted molar refractivity (Wildman–Crippen MR) is 170 cm³/mol. The maximum Gasteiger partial charge on any atom is 0.417 e. The van der Waals surface area contributed by atoms with Crippen LogP contribution in [0.5, 0.6) is 0 Å². The van der Waals surface area contributed by atoms with Crippen LogP contribution in [0.2, 0.25) is 0 Å². The summed E-state index contributed by atoms with van der Waals surface area (Å²) in [5.41, 5.74) is 3.35. The molecule has 1 aromatic heterocycles. The molecule has 0 radical (unpaired) electrons. The van der Waals surface area contributed by atoms with Gasteiger partial charge in [-0.1, -0.05) is 49.7 Å². The summed E-state index contributed by atoms with van der Waals surface area (Å²) in [6, 6.07) is 14.1. The second kappa shape index (κ2) is 14.4. The molecule has 3 heterocycles. The molecular weight excluding hydrogens is 608 g/mol. The molecule has 0 aliphatic carbocycles. The van der Waals surface area contributed by atoms with E-state index in [1.165, 1.54) is 47.7 Å². The van der Waals surface area contributed by atoms with Crippen molar-refractivity contribution in [1.29, 1.82) is 0 Å². The summed E-state index contributed by atoms with van der Waals surface area (Å²) >= 11 is 1.19. The van der Waals surface area contributed by atoms with Gasteiger partial charge in [-0.25, -0.2) is 8.42 Å². The Morgan fingerprint density at radius 1 is 1.02 bits per heavy atom. The minimum absolute atomic E-state index is 0.128. The van der Waals surface area contributed by atoms with Gasteiger partial charge in [0.1, 0.15) is 0 Å². The fourth-order valence-corrected chi connectivity index (χ4v) is 8.00. The highest BCUT2D eigenvalue weighted by molar-refractivity contribution is 8.00. The summed E-state index contributed by atoms with van der Waals surface area (Å²) in [5, 5.41) is 8.15. The minimum atomic E-state index is -4.50. The molecule has 5 rings (SSSR count). The molecule has 2 aliphatic rings. The molecule has 0 saturated carbocycles. The zero-order valence-electron chi connectivity index (χ0n) is 25.4. The van der Waals surface area contributed by atoms with Crippen molar-refractivity contribution in [2.75, 3.05) is 39.0 Å². The molecule has 12 heteroatoms. The number of thioether (sulfide) groups is 1. The van der Waals surface area contributed by atoms with Gasteiger partial charge in [-0.3, -0.25) is 4.68 Å². The first-order valence-electron chi connectivity index (χ1n) is 15.4. The zero-order chi connectivity index (χ0) is 31.3. The number of likely N-dealkylation sites (tertiary alicyclic amines) is 1. The summed E-state index contributed by atoms with van der Waals surface area (Å²) in [4.78, 5) is 2.62. The van der Waals surface area contributed by atoms with E-state index in [-0.39, 0.29) is 16.7 Å². The van der Waals surface area contributed by atoms with Crippen molar-refractivity contribution in [2.24, 2.45) is 0 Å². The quantitative estimate of drug-likeness (QED) is 0.242. The number of aromatic nitrogens is 2. The van der Waals surface area contributed by atoms with E-state index in [1.54, 1.807) is 6.07 Å². The van der Waals surface area contributed by atoms with Crippen LogP contribution in [0.4, 0.5) is 13.2 Å². The van der Waals surface area contributed by atoms with Crippen LogP contribution in [0.1, 0.15) is 55.0 Å². The lowest BCUT2D eigenvalue weighted by atomic mass is 10.0. The lowest BCUT2D eigenvalue weighted by Crippen LogP contribution is -2.35. The van der Waals surface area contributed by atoms with Crippen LogP contribution in [0.3, 0.4) is 0 Å². The van der Waals surface area contributed by atoms with Gasteiger partial charge in [0.25, 0.3) is 0 Å². The number of hydrogen-bond donors (Lipinski definition) is 1. The first-order chi connectivity index (χ1) is 21.0. The Morgan fingerprint density at radius 2 is 1.77 bits per heavy atom. The monoisotopic (exact) mass is 649 g/mol. The first kappa shape index (κ1) is 33.0. The van der Waals surface area contributed by atoms with Crippen molar-refractivity contribution in [2.45, 2.75) is 75.0 Å². The van der Waals surface area contributed by atoms with Crippen LogP contribution in [-0.4, -0.2) is 71.6 Å². The van der Waals surface area contributed by atoms with Gasteiger partial charge in [0.15, 0.2) is 0 Å². The largest absolute Gasteiger partial charge is 0.417 e. The van der Waals surface area contributed by atoms with E-state index in [0.29, 0.717) is 43.9 Å². The third-order valence-electron chi connectivity index (χ3n) is 8.35. The van der Waals surface area contributed by atoms with Crippen LogP contribution in [0.15, 0.2) is 53.4 Å². The zero-order valence-corrected chi connectivity index (χ0v) is 27.1. The second-order valence-corrected chi connectivity index (χ2v) is 15.3. The molecule has 2 aromatic carbocycles. The highest BCUT2D eigenvalue weighted by Gasteiger charge is 2.35. The van der Waals surface area contributed by atoms with E-state index >= 15 is 0 Å². The normalized spacial score (nSPS) is 17.5. The fraction of sp³-hybridized carbons (Fsp3) is 0.531. The average molecular weight is 650 g/mol. The Hall–Kier alpha value is -2.38. The summed E-state index contributed by atoms with van der Waals surface area (Å²) in [5.74, 6) is 0. The molecule has 0 spiro atoms. The molecule has 0 bridgehead atoms. The van der Waals surface area contributed by atoms with Crippen LogP contribution in [0, 0.1) is 0 Å². The fourth-order valence-electron chi connectivity index (χ4n) is 6.07. The molecule has 1 saturated heterocycles. The molecule has 0 amide bonds. The number of nitrogens with one attached hydrogen (secondary N) is 1. The van der Waals surface area contributed by atoms with Crippen molar-refractivity contribution >= 4 is 21.8 Å². The summed E-state index contributed by atoms with van der Waals surface area (Å²) < 4.78 is 70.7. The van der Waals surface area contributed by atoms with E-state index < -0.39 is 21.8 Å². The molecule has 1 atom stereocenters. The van der Waals surface area contributed by atoms with Crippen molar-refractivity contribution in [1.82, 2.24) is 24.3 Å². The van der Waals surface area contributed by atoms with Crippen molar-refractivity contribution in [3.63, 3.8) is 0 Å². The Morgan fingerprint density at radius 3 is 2.48 bits per heavy atom. The summed E-state index contributed by atoms with van der Waals surface area (Å²) in [6.45, 7) is 7.49. The van der Waals surface area contributed by atoms with Gasteiger partial charge < -0.3 is 10.2 Å². The van der Waals surface area contributed by atoms with E-state index in [9.17, 15) is 21.6 Å². The maximum absolute atomic E-state index is 14.1. The summed E-state index contributed by atoms with van der Waals surface area (Å²) in [7, 11) is -3.44. The second-order valence-electron chi connectivity index (χ2n) is 11.9. The number of hydrogen-bond acceptors (Lipinski definition) is 6. The van der Waals surface area contributed by atoms with Crippen molar-refractivity contribution in [3.05, 3.63) is 70.9 Å². The Balaban J connectivity index is 1.40. The standard InChI is InChI=1S/C32H42F3N5O2S2/c1-24(21-36-22-25-10-5-3-6-11-25)43-30-20-26(12-13-28(30)32(33,34)35)31-27-23-39(44(2,41)42)19-14-29(27)40(37-31)18-9-17-38-15-7-4-8-16-38/h3,5-6,10-13,20,24,36H,4,7-9,14-19,21-23H2,1-2H3. The molecule has 44 heavy (non-hydrogen) atoms. The smallest absolute Gasteiger partial charge is 0.312 e. The van der Waals surface area contributed by atoms with Crippen LogP contribution in [-0.2, 0) is 42.3 Å². The third kappa shape index (κ3) is 8.45. The topological polar surface area (TPSA) is 70.5 Å². The molecular formula is C32H42F3N5O2S2. The first-order valence-corrected chi connectivity index (χ1v) is 18.1. The molecule has 2 aliphatic heterocycles. The van der Waals surface area contributed by atoms with E-state index in [0.717, 1.165) is 48.9 Å². The van der Waals surface area contributed by atoms with Crippen LogP contribution in [0.25, 0.3) is 11.3 Å². The van der Waals surface area contributed by atoms with Crippen molar-refractivity contribution in [3.8, 4) is 11.3 Å².